The van der Waals surface area contributed by atoms with Gasteiger partial charge in [0.2, 0.25) is 0 Å². The maximum atomic E-state index is 11.8. The van der Waals surface area contributed by atoms with Crippen molar-refractivity contribution in [3.8, 4) is 10.8 Å². The van der Waals surface area contributed by atoms with Gasteiger partial charge in [0.15, 0.2) is 0 Å². The number of imidazole rings is 1. The van der Waals surface area contributed by atoms with E-state index in [4.69, 9.17) is 22.1 Å². The molecule has 1 aliphatic carbocycles. The molecule has 2 aromatic rings. The van der Waals surface area contributed by atoms with E-state index >= 15 is 0 Å². The molecule has 24 heavy (non-hydrogen) atoms. The van der Waals surface area contributed by atoms with Gasteiger partial charge in [0, 0.05) is 29.1 Å². The predicted octanol–water partition coefficient (Wildman–Crippen LogP) is 3.89. The molecule has 7 heteroatoms. The Morgan fingerprint density at radius 3 is 3.04 bits per heavy atom. The Bertz CT molecular complexity index is 808. The van der Waals surface area contributed by atoms with Gasteiger partial charge in [-0.15, -0.1) is 11.3 Å². The Labute approximate surface area is 149 Å². The highest BCUT2D eigenvalue weighted by atomic mass is 35.5. The molecule has 1 unspecified atom stereocenters. The third-order valence-corrected chi connectivity index (χ3v) is 5.33. The molecule has 1 aliphatic rings. The highest BCUT2D eigenvalue weighted by Gasteiger charge is 2.22. The summed E-state index contributed by atoms with van der Waals surface area (Å²) in [5, 5.41) is 1.52. The number of carbonyl (C=O) groups is 1. The molecule has 0 fully saturated rings. The largest absolute Gasteiger partial charge is 0.484 e. The standard InChI is InChI=1S/C17H18ClN3O2S/c1-10-3-4-13(18)12(7-10)11(2)23-14-8-15(21-6-5-20-9-21)24-16(14)17(19)22/h4-11H,3H2,1-2H3,(H2,19,22)/t10-,11?/m1/s1. The second-order valence-electron chi connectivity index (χ2n) is 5.76. The number of aromatic nitrogens is 2. The fourth-order valence-corrected chi connectivity index (χ4v) is 3.79. The van der Waals surface area contributed by atoms with Gasteiger partial charge < -0.3 is 10.5 Å². The smallest absolute Gasteiger partial charge is 0.262 e. The van der Waals surface area contributed by atoms with E-state index < -0.39 is 5.91 Å². The van der Waals surface area contributed by atoms with Crippen molar-refractivity contribution in [2.75, 3.05) is 0 Å². The van der Waals surface area contributed by atoms with Crippen molar-refractivity contribution in [2.24, 2.45) is 11.7 Å². The maximum Gasteiger partial charge on any atom is 0.262 e. The van der Waals surface area contributed by atoms with Gasteiger partial charge in [-0.2, -0.15) is 0 Å². The highest BCUT2D eigenvalue weighted by Crippen LogP contribution is 2.35. The summed E-state index contributed by atoms with van der Waals surface area (Å²) in [6.07, 6.45) is 9.89. The van der Waals surface area contributed by atoms with Gasteiger partial charge in [0.1, 0.15) is 21.7 Å². The number of nitrogens with zero attached hydrogens (tertiary/aromatic N) is 2. The summed E-state index contributed by atoms with van der Waals surface area (Å²) in [5.74, 6) is 0.363. The van der Waals surface area contributed by atoms with Gasteiger partial charge in [-0.3, -0.25) is 9.36 Å². The van der Waals surface area contributed by atoms with Crippen LogP contribution in [0.25, 0.3) is 5.00 Å². The van der Waals surface area contributed by atoms with E-state index in [-0.39, 0.29) is 6.10 Å². The summed E-state index contributed by atoms with van der Waals surface area (Å²) in [7, 11) is 0. The van der Waals surface area contributed by atoms with Crippen LogP contribution in [-0.4, -0.2) is 21.6 Å². The van der Waals surface area contributed by atoms with Crippen LogP contribution in [-0.2, 0) is 0 Å². The molecule has 0 saturated heterocycles. The number of allylic oxidation sites excluding steroid dienone is 2. The van der Waals surface area contributed by atoms with E-state index in [9.17, 15) is 4.79 Å². The summed E-state index contributed by atoms with van der Waals surface area (Å²) >= 11 is 7.58. The second kappa shape index (κ2) is 6.83. The van der Waals surface area contributed by atoms with E-state index in [0.29, 0.717) is 21.6 Å². The topological polar surface area (TPSA) is 70.1 Å². The fraction of sp³-hybridized carbons (Fsp3) is 0.294. The lowest BCUT2D eigenvalue weighted by Crippen LogP contribution is -2.19. The van der Waals surface area contributed by atoms with E-state index in [1.54, 1.807) is 24.8 Å². The number of hydrogen-bond donors (Lipinski definition) is 1. The Balaban J connectivity index is 1.89. The summed E-state index contributed by atoms with van der Waals surface area (Å²) in [4.78, 5) is 16.2. The Morgan fingerprint density at radius 2 is 2.38 bits per heavy atom. The molecule has 1 amide bonds. The number of primary amides is 1. The van der Waals surface area contributed by atoms with Gasteiger partial charge in [-0.1, -0.05) is 30.7 Å². The second-order valence-corrected chi connectivity index (χ2v) is 7.20. The van der Waals surface area contributed by atoms with E-state index in [2.05, 4.69) is 18.0 Å². The number of ether oxygens (including phenoxy) is 1. The molecular formula is C17H18ClN3O2S. The molecule has 3 rings (SSSR count). The summed E-state index contributed by atoms with van der Waals surface area (Å²) in [6, 6.07) is 1.80. The fourth-order valence-electron chi connectivity index (χ4n) is 2.58. The number of halogens is 1. The first-order valence-corrected chi connectivity index (χ1v) is 8.81. The van der Waals surface area contributed by atoms with Crippen molar-refractivity contribution >= 4 is 28.8 Å². The lowest BCUT2D eigenvalue weighted by Gasteiger charge is -2.22. The Kier molecular flexibility index (Phi) is 4.78. The van der Waals surface area contributed by atoms with E-state index in [0.717, 1.165) is 17.0 Å². The van der Waals surface area contributed by atoms with Crippen LogP contribution in [0.4, 0.5) is 0 Å². The zero-order valence-corrected chi connectivity index (χ0v) is 15.0. The lowest BCUT2D eigenvalue weighted by atomic mass is 9.95. The van der Waals surface area contributed by atoms with Gasteiger partial charge in [-0.05, 0) is 19.3 Å². The first-order valence-electron chi connectivity index (χ1n) is 7.62. The molecule has 2 N–H and O–H groups in total. The molecule has 0 aromatic carbocycles. The predicted molar refractivity (Wildman–Crippen MR) is 95.8 cm³/mol. The van der Waals surface area contributed by atoms with Crippen LogP contribution in [0, 0.1) is 5.92 Å². The normalized spacial score (nSPS) is 18.7. The molecule has 5 nitrogen and oxygen atoms in total. The van der Waals surface area contributed by atoms with Crippen LogP contribution >= 0.6 is 22.9 Å². The molecule has 0 spiro atoms. The maximum absolute atomic E-state index is 11.8. The molecule has 2 aromatic heterocycles. The molecular weight excluding hydrogens is 346 g/mol. The number of rotatable bonds is 5. The Hall–Kier alpha value is -2.05. The van der Waals surface area contributed by atoms with E-state index in [1.165, 1.54) is 11.3 Å². The number of amides is 1. The van der Waals surface area contributed by atoms with Crippen molar-refractivity contribution in [3.05, 3.63) is 52.4 Å². The van der Waals surface area contributed by atoms with Crippen molar-refractivity contribution in [1.29, 1.82) is 0 Å². The van der Waals surface area contributed by atoms with Crippen molar-refractivity contribution < 1.29 is 9.53 Å². The van der Waals surface area contributed by atoms with Crippen molar-refractivity contribution in [3.63, 3.8) is 0 Å². The minimum atomic E-state index is -0.513. The number of nitrogens with two attached hydrogens (primary N) is 1. The first-order chi connectivity index (χ1) is 11.5. The van der Waals surface area contributed by atoms with Crippen LogP contribution in [0.2, 0.25) is 0 Å². The highest BCUT2D eigenvalue weighted by molar-refractivity contribution is 7.16. The van der Waals surface area contributed by atoms with Crippen LogP contribution in [0.5, 0.6) is 5.75 Å². The monoisotopic (exact) mass is 363 g/mol. The molecule has 0 bridgehead atoms. The molecule has 0 saturated carbocycles. The third-order valence-electron chi connectivity index (χ3n) is 3.82. The first kappa shape index (κ1) is 16.8. The van der Waals surface area contributed by atoms with Crippen molar-refractivity contribution in [2.45, 2.75) is 26.4 Å². The van der Waals surface area contributed by atoms with Gasteiger partial charge in [0.05, 0.1) is 6.33 Å². The molecule has 2 atom stereocenters. The van der Waals surface area contributed by atoms with Crippen LogP contribution in [0.1, 0.15) is 29.9 Å². The summed E-state index contributed by atoms with van der Waals surface area (Å²) in [5.41, 5.74) is 6.43. The van der Waals surface area contributed by atoms with Crippen LogP contribution in [0.15, 0.2) is 47.5 Å². The number of carbonyl (C=O) groups excluding carboxylic acids is 1. The van der Waals surface area contributed by atoms with Gasteiger partial charge in [0.25, 0.3) is 5.91 Å². The van der Waals surface area contributed by atoms with Gasteiger partial charge >= 0.3 is 0 Å². The summed E-state index contributed by atoms with van der Waals surface area (Å²) < 4.78 is 7.83. The summed E-state index contributed by atoms with van der Waals surface area (Å²) in [6.45, 7) is 4.04. The lowest BCUT2D eigenvalue weighted by molar-refractivity contribution is 0.0999. The average molecular weight is 364 g/mol. The van der Waals surface area contributed by atoms with E-state index in [1.807, 2.05) is 17.6 Å². The van der Waals surface area contributed by atoms with Crippen molar-refractivity contribution in [1.82, 2.24) is 9.55 Å². The average Bonchev–Trinajstić information content (AvgIpc) is 3.18. The SMILES string of the molecule is CC(Oc1cc(-n2ccnc2)sc1C(N)=O)C1=C[C@H](C)CC=C1Cl. The minimum absolute atomic E-state index is 0.278. The number of hydrogen-bond acceptors (Lipinski definition) is 4. The zero-order chi connectivity index (χ0) is 17.3. The quantitative estimate of drug-likeness (QED) is 0.876. The molecule has 2 heterocycles. The zero-order valence-electron chi connectivity index (χ0n) is 13.4. The minimum Gasteiger partial charge on any atom is -0.484 e. The molecule has 126 valence electrons. The van der Waals surface area contributed by atoms with Gasteiger partial charge in [-0.25, -0.2) is 4.98 Å². The van der Waals surface area contributed by atoms with Crippen LogP contribution in [0.3, 0.4) is 0 Å². The Morgan fingerprint density at radius 1 is 1.58 bits per heavy atom. The molecule has 0 radical (unpaired) electrons. The third kappa shape index (κ3) is 3.39. The van der Waals surface area contributed by atoms with Crippen LogP contribution < -0.4 is 10.5 Å². The number of thiophene rings is 1. The molecule has 0 aliphatic heterocycles.